The lowest BCUT2D eigenvalue weighted by Gasteiger charge is -2.26. The van der Waals surface area contributed by atoms with E-state index in [2.05, 4.69) is 6.07 Å². The van der Waals surface area contributed by atoms with Crippen LogP contribution in [-0.2, 0) is 15.9 Å². The number of aromatic nitrogens is 1. The number of rotatable bonds is 4. The highest BCUT2D eigenvalue weighted by Gasteiger charge is 2.62. The van der Waals surface area contributed by atoms with E-state index in [1.54, 1.807) is 12.1 Å². The molecule has 0 amide bonds. The Morgan fingerprint density at radius 2 is 1.69 bits per heavy atom. The third-order valence-electron chi connectivity index (χ3n) is 6.70. The lowest BCUT2D eigenvalue weighted by Crippen LogP contribution is -2.24. The van der Waals surface area contributed by atoms with E-state index in [1.807, 2.05) is 31.2 Å². The van der Waals surface area contributed by atoms with E-state index in [1.165, 1.54) is 4.57 Å². The van der Waals surface area contributed by atoms with E-state index in [0.29, 0.717) is 41.6 Å². The largest absolute Gasteiger partial charge is 0.494 e. The number of fused-ring (bicyclic) bond motifs is 6. The number of benzene rings is 2. The van der Waals surface area contributed by atoms with Crippen LogP contribution < -0.4 is 0 Å². The standard InChI is InChI=1S/C23H22N2O4/c1-2-22-9-10-23(29-22,11-12-26)19-18(22)20(27)25(21(19)28)17-8-7-14(13-24)15-5-3-4-6-16(15)17/h3-8,26-28H,2,9-12H2,1H3/t22-,23-/m1/s1. The minimum Gasteiger partial charge on any atom is -0.494 e. The van der Waals surface area contributed by atoms with E-state index in [9.17, 15) is 20.6 Å². The molecule has 6 heteroatoms. The maximum absolute atomic E-state index is 11.3. The smallest absolute Gasteiger partial charge is 0.205 e. The molecule has 1 saturated heterocycles. The van der Waals surface area contributed by atoms with Crippen LogP contribution >= 0.6 is 0 Å². The molecule has 3 N–H and O–H groups in total. The molecule has 0 spiro atoms. The van der Waals surface area contributed by atoms with Gasteiger partial charge in [-0.2, -0.15) is 5.26 Å². The van der Waals surface area contributed by atoms with E-state index < -0.39 is 11.2 Å². The predicted octanol–water partition coefficient (Wildman–Crippen LogP) is 3.92. The van der Waals surface area contributed by atoms with Crippen molar-refractivity contribution in [1.82, 2.24) is 4.57 Å². The Labute approximate surface area is 168 Å². The summed E-state index contributed by atoms with van der Waals surface area (Å²) in [6, 6.07) is 13.1. The topological polar surface area (TPSA) is 98.6 Å². The van der Waals surface area contributed by atoms with Crippen molar-refractivity contribution < 1.29 is 20.1 Å². The van der Waals surface area contributed by atoms with Gasteiger partial charge in [-0.3, -0.25) is 4.57 Å². The number of nitriles is 1. The molecule has 29 heavy (non-hydrogen) atoms. The van der Waals surface area contributed by atoms with Gasteiger partial charge in [-0.05, 0) is 31.4 Å². The Kier molecular flexibility index (Phi) is 3.73. The Morgan fingerprint density at radius 3 is 2.34 bits per heavy atom. The average molecular weight is 390 g/mol. The van der Waals surface area contributed by atoms with Crippen LogP contribution in [0.2, 0.25) is 0 Å². The predicted molar refractivity (Wildman–Crippen MR) is 107 cm³/mol. The van der Waals surface area contributed by atoms with Gasteiger partial charge in [0.2, 0.25) is 11.8 Å². The fourth-order valence-electron chi connectivity index (χ4n) is 5.35. The van der Waals surface area contributed by atoms with Gasteiger partial charge in [-0.15, -0.1) is 0 Å². The molecular weight excluding hydrogens is 368 g/mol. The molecule has 0 saturated carbocycles. The van der Waals surface area contributed by atoms with Crippen molar-refractivity contribution in [2.75, 3.05) is 6.61 Å². The Hall–Kier alpha value is -3.01. The molecule has 0 aliphatic carbocycles. The Balaban J connectivity index is 1.83. The number of hydrogen-bond donors (Lipinski definition) is 3. The second-order valence-electron chi connectivity index (χ2n) is 7.94. The zero-order valence-electron chi connectivity index (χ0n) is 16.1. The minimum atomic E-state index is -0.782. The van der Waals surface area contributed by atoms with Gasteiger partial charge in [-0.1, -0.05) is 31.2 Å². The molecule has 2 aromatic carbocycles. The SMILES string of the molecule is CC[C@]12CC[C@](CCO)(O1)c1c2c(O)n(-c2ccc(C#N)c3ccccc23)c1O. The number of nitrogens with zero attached hydrogens (tertiary/aromatic N) is 2. The number of aromatic hydroxyl groups is 2. The quantitative estimate of drug-likeness (QED) is 0.627. The molecule has 3 aromatic rings. The van der Waals surface area contributed by atoms with Crippen LogP contribution in [0.1, 0.15) is 49.3 Å². The van der Waals surface area contributed by atoms with Crippen LogP contribution in [0.4, 0.5) is 0 Å². The van der Waals surface area contributed by atoms with Crippen molar-refractivity contribution in [3.8, 4) is 23.5 Å². The molecule has 2 aliphatic rings. The first-order valence-electron chi connectivity index (χ1n) is 9.93. The average Bonchev–Trinajstić information content (AvgIpc) is 3.34. The molecule has 2 aliphatic heterocycles. The van der Waals surface area contributed by atoms with Crippen molar-refractivity contribution in [3.63, 3.8) is 0 Å². The van der Waals surface area contributed by atoms with Gasteiger partial charge in [0.1, 0.15) is 5.60 Å². The fourth-order valence-corrected chi connectivity index (χ4v) is 5.35. The van der Waals surface area contributed by atoms with E-state index in [0.717, 1.165) is 17.2 Å². The number of ether oxygens (including phenoxy) is 1. The van der Waals surface area contributed by atoms with Gasteiger partial charge in [0.25, 0.3) is 0 Å². The zero-order valence-corrected chi connectivity index (χ0v) is 16.1. The third kappa shape index (κ3) is 2.12. The van der Waals surface area contributed by atoms with Crippen molar-refractivity contribution in [2.24, 2.45) is 0 Å². The number of hydrogen-bond acceptors (Lipinski definition) is 5. The maximum atomic E-state index is 11.3. The molecule has 3 heterocycles. The fraction of sp³-hybridized carbons (Fsp3) is 0.348. The molecule has 6 nitrogen and oxygen atoms in total. The van der Waals surface area contributed by atoms with Crippen molar-refractivity contribution in [2.45, 2.75) is 43.8 Å². The molecule has 5 rings (SSSR count). The second kappa shape index (κ2) is 5.99. The molecule has 1 aromatic heterocycles. The van der Waals surface area contributed by atoms with Gasteiger partial charge in [0, 0.05) is 23.8 Å². The molecule has 2 atom stereocenters. The Morgan fingerprint density at radius 1 is 1.03 bits per heavy atom. The highest BCUT2D eigenvalue weighted by Crippen LogP contribution is 2.66. The number of aliphatic hydroxyl groups is 1. The van der Waals surface area contributed by atoms with Gasteiger partial charge in [-0.25, -0.2) is 0 Å². The van der Waals surface area contributed by atoms with Crippen LogP contribution in [0.5, 0.6) is 11.8 Å². The molecule has 148 valence electrons. The van der Waals surface area contributed by atoms with E-state index in [-0.39, 0.29) is 18.4 Å². The van der Waals surface area contributed by atoms with Gasteiger partial charge in [0.15, 0.2) is 0 Å². The number of aliphatic hydroxyl groups excluding tert-OH is 1. The van der Waals surface area contributed by atoms with Crippen LogP contribution in [0, 0.1) is 11.3 Å². The normalized spacial score (nSPS) is 24.7. The van der Waals surface area contributed by atoms with Crippen molar-refractivity contribution in [3.05, 3.63) is 53.1 Å². The van der Waals surface area contributed by atoms with Crippen LogP contribution in [0.3, 0.4) is 0 Å². The minimum absolute atomic E-state index is 0.0336. The van der Waals surface area contributed by atoms with Crippen molar-refractivity contribution in [1.29, 1.82) is 5.26 Å². The molecule has 1 fully saturated rings. The van der Waals surface area contributed by atoms with E-state index in [4.69, 9.17) is 4.74 Å². The summed E-state index contributed by atoms with van der Waals surface area (Å²) in [6.07, 6.45) is 2.46. The third-order valence-corrected chi connectivity index (χ3v) is 6.70. The summed E-state index contributed by atoms with van der Waals surface area (Å²) in [7, 11) is 0. The first-order valence-corrected chi connectivity index (χ1v) is 9.93. The van der Waals surface area contributed by atoms with Gasteiger partial charge < -0.3 is 20.1 Å². The van der Waals surface area contributed by atoms with Crippen LogP contribution in [-0.4, -0.2) is 26.5 Å². The summed E-state index contributed by atoms with van der Waals surface area (Å²) in [5, 5.41) is 43.1. The highest BCUT2D eigenvalue weighted by atomic mass is 16.5. The monoisotopic (exact) mass is 390 g/mol. The molecule has 0 radical (unpaired) electrons. The molecule has 2 bridgehead atoms. The molecule has 0 unspecified atom stereocenters. The summed E-state index contributed by atoms with van der Waals surface area (Å²) in [5.74, 6) is -0.0930. The van der Waals surface area contributed by atoms with Crippen molar-refractivity contribution >= 4 is 10.8 Å². The van der Waals surface area contributed by atoms with E-state index >= 15 is 0 Å². The lowest BCUT2D eigenvalue weighted by molar-refractivity contribution is -0.0996. The second-order valence-corrected chi connectivity index (χ2v) is 7.94. The van der Waals surface area contributed by atoms with Crippen LogP contribution in [0.15, 0.2) is 36.4 Å². The zero-order chi connectivity index (χ0) is 20.4. The summed E-state index contributed by atoms with van der Waals surface area (Å²) in [6.45, 7) is 1.94. The summed E-state index contributed by atoms with van der Waals surface area (Å²) >= 11 is 0. The summed E-state index contributed by atoms with van der Waals surface area (Å²) in [5.41, 5.74) is 0.924. The lowest BCUT2D eigenvalue weighted by atomic mass is 9.76. The highest BCUT2D eigenvalue weighted by molar-refractivity contribution is 5.95. The summed E-state index contributed by atoms with van der Waals surface area (Å²) < 4.78 is 7.84. The maximum Gasteiger partial charge on any atom is 0.205 e. The molecular formula is C23H22N2O4. The van der Waals surface area contributed by atoms with Gasteiger partial charge >= 0.3 is 0 Å². The van der Waals surface area contributed by atoms with Crippen LogP contribution in [0.25, 0.3) is 16.5 Å². The summed E-state index contributed by atoms with van der Waals surface area (Å²) in [4.78, 5) is 0. The first-order chi connectivity index (χ1) is 14.0. The van der Waals surface area contributed by atoms with Gasteiger partial charge in [0.05, 0.1) is 34.0 Å². The Bertz CT molecular complexity index is 1190. The first kappa shape index (κ1) is 18.0.